The minimum absolute atomic E-state index is 0.222. The number of ether oxygens (including phenoxy) is 1. The number of benzene rings is 1. The second-order valence-corrected chi connectivity index (χ2v) is 6.69. The van der Waals surface area contributed by atoms with Crippen molar-refractivity contribution in [1.82, 2.24) is 5.32 Å². The predicted molar refractivity (Wildman–Crippen MR) is 85.5 cm³/mol. The third-order valence-corrected chi connectivity index (χ3v) is 5.42. The number of rotatable bonds is 5. The first kappa shape index (κ1) is 15.8. The zero-order chi connectivity index (χ0) is 14.7. The van der Waals surface area contributed by atoms with Crippen LogP contribution in [0.25, 0.3) is 0 Å². The second-order valence-electron chi connectivity index (χ2n) is 4.15. The Bertz CT molecular complexity index is 585. The van der Waals surface area contributed by atoms with Gasteiger partial charge in [-0.25, -0.2) is 4.39 Å². The molecule has 20 heavy (non-hydrogen) atoms. The number of methoxy groups -OCH3 is 1. The first-order valence-electron chi connectivity index (χ1n) is 6.08. The van der Waals surface area contributed by atoms with Crippen LogP contribution in [0.3, 0.4) is 0 Å². The van der Waals surface area contributed by atoms with Gasteiger partial charge in [-0.1, -0.05) is 24.6 Å². The smallest absolute Gasteiger partial charge is 0.132 e. The van der Waals surface area contributed by atoms with Crippen molar-refractivity contribution in [2.75, 3.05) is 13.7 Å². The molecule has 2 aromatic rings. The Kier molecular flexibility index (Phi) is 5.43. The Balaban J connectivity index is 2.42. The van der Waals surface area contributed by atoms with E-state index < -0.39 is 0 Å². The zero-order valence-corrected chi connectivity index (χ0v) is 14.2. The van der Waals surface area contributed by atoms with Gasteiger partial charge in [-0.3, -0.25) is 0 Å². The van der Waals surface area contributed by atoms with Gasteiger partial charge < -0.3 is 10.1 Å². The molecule has 6 heteroatoms. The molecule has 1 aromatic heterocycles. The molecule has 1 unspecified atom stereocenters. The van der Waals surface area contributed by atoms with E-state index in [1.807, 2.05) is 13.0 Å². The van der Waals surface area contributed by atoms with Crippen LogP contribution in [-0.4, -0.2) is 13.7 Å². The third kappa shape index (κ3) is 3.34. The molecule has 0 saturated heterocycles. The molecule has 0 aliphatic rings. The van der Waals surface area contributed by atoms with Crippen LogP contribution >= 0.6 is 38.9 Å². The lowest BCUT2D eigenvalue weighted by molar-refractivity contribution is 0.410. The Morgan fingerprint density at radius 1 is 1.45 bits per heavy atom. The van der Waals surface area contributed by atoms with Crippen molar-refractivity contribution in [2.45, 2.75) is 13.0 Å². The number of nitrogens with one attached hydrogen (secondary N) is 1. The normalized spacial score (nSPS) is 12.4. The summed E-state index contributed by atoms with van der Waals surface area (Å²) in [6.45, 7) is 2.71. The van der Waals surface area contributed by atoms with Crippen LogP contribution in [0.15, 0.2) is 28.7 Å². The van der Waals surface area contributed by atoms with E-state index in [0.29, 0.717) is 15.6 Å². The molecule has 0 fully saturated rings. The molecule has 108 valence electrons. The lowest BCUT2D eigenvalue weighted by Gasteiger charge is -2.18. The predicted octanol–water partition coefficient (Wildman–Crippen LogP) is 5.01. The Morgan fingerprint density at radius 2 is 2.20 bits per heavy atom. The van der Waals surface area contributed by atoms with Gasteiger partial charge in [-0.05, 0) is 34.6 Å². The molecule has 1 atom stereocenters. The average molecular weight is 379 g/mol. The molecule has 0 aliphatic heterocycles. The van der Waals surface area contributed by atoms with Gasteiger partial charge in [0.1, 0.15) is 15.9 Å². The fraction of sp³-hybridized carbons (Fsp3) is 0.286. The maximum atomic E-state index is 14.2. The van der Waals surface area contributed by atoms with Gasteiger partial charge in [-0.2, -0.15) is 0 Å². The minimum atomic E-state index is -0.295. The summed E-state index contributed by atoms with van der Waals surface area (Å²) in [5.74, 6) is 0.211. The molecule has 2 rings (SSSR count). The summed E-state index contributed by atoms with van der Waals surface area (Å²) in [5, 5.41) is 3.28. The number of hydrogen-bond acceptors (Lipinski definition) is 3. The molecular weight excluding hydrogens is 365 g/mol. The molecule has 0 radical (unpaired) electrons. The highest BCUT2D eigenvalue weighted by Gasteiger charge is 2.20. The number of thiophene rings is 1. The van der Waals surface area contributed by atoms with Gasteiger partial charge >= 0.3 is 0 Å². The highest BCUT2D eigenvalue weighted by molar-refractivity contribution is 9.10. The molecule has 0 saturated carbocycles. The van der Waals surface area contributed by atoms with E-state index in [9.17, 15) is 4.39 Å². The molecule has 0 amide bonds. The highest BCUT2D eigenvalue weighted by atomic mass is 79.9. The fourth-order valence-electron chi connectivity index (χ4n) is 1.94. The van der Waals surface area contributed by atoms with Gasteiger partial charge in [-0.15, -0.1) is 11.3 Å². The summed E-state index contributed by atoms with van der Waals surface area (Å²) in [6.07, 6.45) is 0. The van der Waals surface area contributed by atoms with Crippen molar-refractivity contribution in [3.63, 3.8) is 0 Å². The first-order valence-corrected chi connectivity index (χ1v) is 8.07. The van der Waals surface area contributed by atoms with Crippen LogP contribution in [0.1, 0.15) is 23.4 Å². The van der Waals surface area contributed by atoms with Gasteiger partial charge in [0.05, 0.1) is 13.2 Å². The molecule has 0 bridgehead atoms. The van der Waals surface area contributed by atoms with E-state index in [2.05, 4.69) is 21.2 Å². The summed E-state index contributed by atoms with van der Waals surface area (Å²) in [5.41, 5.74) is 0.582. The van der Waals surface area contributed by atoms with Crippen molar-refractivity contribution < 1.29 is 9.13 Å². The van der Waals surface area contributed by atoms with Crippen molar-refractivity contribution >= 4 is 38.9 Å². The molecule has 0 spiro atoms. The van der Waals surface area contributed by atoms with Gasteiger partial charge in [0, 0.05) is 21.0 Å². The highest BCUT2D eigenvalue weighted by Crippen LogP contribution is 2.38. The Morgan fingerprint density at radius 3 is 2.70 bits per heavy atom. The monoisotopic (exact) mass is 377 g/mol. The lowest BCUT2D eigenvalue weighted by atomic mass is 10.0. The van der Waals surface area contributed by atoms with E-state index in [0.717, 1.165) is 15.9 Å². The van der Waals surface area contributed by atoms with Crippen molar-refractivity contribution in [1.29, 1.82) is 0 Å². The second kappa shape index (κ2) is 6.89. The van der Waals surface area contributed by atoms with Crippen LogP contribution < -0.4 is 10.1 Å². The summed E-state index contributed by atoms with van der Waals surface area (Å²) in [6, 6.07) is 6.59. The molecule has 2 nitrogen and oxygen atoms in total. The van der Waals surface area contributed by atoms with E-state index in [1.165, 1.54) is 24.5 Å². The zero-order valence-electron chi connectivity index (χ0n) is 11.0. The Hall–Kier alpha value is -0.620. The van der Waals surface area contributed by atoms with E-state index in [4.69, 9.17) is 16.3 Å². The maximum absolute atomic E-state index is 14.2. The summed E-state index contributed by atoms with van der Waals surface area (Å²) < 4.78 is 20.8. The van der Waals surface area contributed by atoms with Crippen LogP contribution in [0.4, 0.5) is 4.39 Å². The van der Waals surface area contributed by atoms with E-state index >= 15 is 0 Å². The van der Waals surface area contributed by atoms with Crippen LogP contribution in [0, 0.1) is 5.82 Å². The maximum Gasteiger partial charge on any atom is 0.132 e. The SMILES string of the molecule is CCNC(c1cc(Br)c(Cl)s1)c1ccc(OC)cc1F. The number of hydrogen-bond donors (Lipinski definition) is 1. The molecule has 0 aliphatic carbocycles. The van der Waals surface area contributed by atoms with E-state index in [1.54, 1.807) is 12.1 Å². The third-order valence-electron chi connectivity index (χ3n) is 2.88. The quantitative estimate of drug-likeness (QED) is 0.789. The molecule has 1 N–H and O–H groups in total. The van der Waals surface area contributed by atoms with Gasteiger partial charge in [0.2, 0.25) is 0 Å². The molecular formula is C14H14BrClFNOS. The minimum Gasteiger partial charge on any atom is -0.497 e. The van der Waals surface area contributed by atoms with Crippen molar-refractivity contribution in [3.05, 3.63) is 49.3 Å². The molecule has 1 aromatic carbocycles. The lowest BCUT2D eigenvalue weighted by Crippen LogP contribution is -2.22. The van der Waals surface area contributed by atoms with Crippen molar-refractivity contribution in [2.24, 2.45) is 0 Å². The first-order chi connectivity index (χ1) is 9.56. The summed E-state index contributed by atoms with van der Waals surface area (Å²) in [7, 11) is 1.52. The summed E-state index contributed by atoms with van der Waals surface area (Å²) in [4.78, 5) is 0.966. The largest absolute Gasteiger partial charge is 0.497 e. The fourth-order valence-corrected chi connectivity index (χ4v) is 3.77. The van der Waals surface area contributed by atoms with Gasteiger partial charge in [0.15, 0.2) is 0 Å². The standard InChI is InChI=1S/C14H14BrClFNOS/c1-3-18-13(12-7-10(15)14(16)20-12)9-5-4-8(19-2)6-11(9)17/h4-7,13,18H,3H2,1-2H3. The van der Waals surface area contributed by atoms with E-state index in [-0.39, 0.29) is 11.9 Å². The van der Waals surface area contributed by atoms with Gasteiger partial charge in [0.25, 0.3) is 0 Å². The van der Waals surface area contributed by atoms with Crippen LogP contribution in [0.5, 0.6) is 5.75 Å². The Labute approximate surface area is 135 Å². The number of halogens is 3. The summed E-state index contributed by atoms with van der Waals surface area (Å²) >= 11 is 10.9. The molecule has 1 heterocycles. The van der Waals surface area contributed by atoms with Crippen LogP contribution in [-0.2, 0) is 0 Å². The topological polar surface area (TPSA) is 21.3 Å². The average Bonchev–Trinajstić information content (AvgIpc) is 2.76. The van der Waals surface area contributed by atoms with Crippen LogP contribution in [0.2, 0.25) is 4.34 Å². The van der Waals surface area contributed by atoms with Crippen molar-refractivity contribution in [3.8, 4) is 5.75 Å².